The summed E-state index contributed by atoms with van der Waals surface area (Å²) in [5, 5.41) is 0.817. The van der Waals surface area contributed by atoms with Crippen molar-refractivity contribution in [1.29, 1.82) is 0 Å². The third kappa shape index (κ3) is 5.04. The zero-order valence-electron chi connectivity index (χ0n) is 13.7. The summed E-state index contributed by atoms with van der Waals surface area (Å²) in [5.74, 6) is 1.65. The Morgan fingerprint density at radius 1 is 1.23 bits per heavy atom. The summed E-state index contributed by atoms with van der Waals surface area (Å²) in [7, 11) is 0. The van der Waals surface area contributed by atoms with Crippen molar-refractivity contribution >= 4 is 24.0 Å². The summed E-state index contributed by atoms with van der Waals surface area (Å²) in [6, 6.07) is 4.32. The maximum absolute atomic E-state index is 6.37. The average Bonchev–Trinajstić information content (AvgIpc) is 2.50. The summed E-state index contributed by atoms with van der Waals surface area (Å²) < 4.78 is 6.01. The molecular weight excluding hydrogens is 317 g/mol. The Balaban J connectivity index is 0.00000242. The standard InChI is InChI=1S/C18H28ClNO.ClH/c1-3-16(20)11-14-10-15(19)12-17(18(14)21-4-2)13-8-6-5-7-9-13;/h10,12-13,16H,3-9,11,20H2,1-2H3;1H. The highest BCUT2D eigenvalue weighted by atomic mass is 35.5. The summed E-state index contributed by atoms with van der Waals surface area (Å²) in [6.07, 6.45) is 8.29. The van der Waals surface area contributed by atoms with Crippen molar-refractivity contribution < 1.29 is 4.74 Å². The van der Waals surface area contributed by atoms with E-state index in [1.54, 1.807) is 0 Å². The molecule has 0 heterocycles. The Morgan fingerprint density at radius 2 is 1.91 bits per heavy atom. The van der Waals surface area contributed by atoms with E-state index in [1.807, 2.05) is 13.0 Å². The molecular formula is C18H29Cl2NO. The smallest absolute Gasteiger partial charge is 0.126 e. The van der Waals surface area contributed by atoms with Crippen molar-refractivity contribution in [2.45, 2.75) is 70.8 Å². The Morgan fingerprint density at radius 3 is 2.50 bits per heavy atom. The van der Waals surface area contributed by atoms with Gasteiger partial charge in [-0.15, -0.1) is 12.4 Å². The lowest BCUT2D eigenvalue weighted by atomic mass is 9.82. The van der Waals surface area contributed by atoms with Crippen LogP contribution >= 0.6 is 24.0 Å². The molecule has 2 rings (SSSR count). The molecule has 22 heavy (non-hydrogen) atoms. The van der Waals surface area contributed by atoms with Gasteiger partial charge in [0.2, 0.25) is 0 Å². The molecule has 2 nitrogen and oxygen atoms in total. The SMILES string of the molecule is CCOc1c(CC(N)CC)cc(Cl)cc1C1CCCCC1.Cl. The van der Waals surface area contributed by atoms with Crippen LogP contribution in [-0.4, -0.2) is 12.6 Å². The normalized spacial score (nSPS) is 16.9. The molecule has 2 N–H and O–H groups in total. The first-order valence-electron chi connectivity index (χ1n) is 8.36. The molecule has 1 saturated carbocycles. The van der Waals surface area contributed by atoms with Gasteiger partial charge >= 0.3 is 0 Å². The van der Waals surface area contributed by atoms with E-state index in [2.05, 4.69) is 13.0 Å². The van der Waals surface area contributed by atoms with Gasteiger partial charge in [-0.2, -0.15) is 0 Å². The highest BCUT2D eigenvalue weighted by Gasteiger charge is 2.22. The van der Waals surface area contributed by atoms with Crippen LogP contribution in [-0.2, 0) is 6.42 Å². The number of benzene rings is 1. The second-order valence-corrected chi connectivity index (χ2v) is 6.56. The molecule has 0 radical (unpaired) electrons. The highest BCUT2D eigenvalue weighted by molar-refractivity contribution is 6.30. The summed E-state index contributed by atoms with van der Waals surface area (Å²) >= 11 is 6.37. The summed E-state index contributed by atoms with van der Waals surface area (Å²) in [4.78, 5) is 0. The maximum atomic E-state index is 6.37. The number of hydrogen-bond donors (Lipinski definition) is 1. The molecule has 1 unspecified atom stereocenters. The lowest BCUT2D eigenvalue weighted by molar-refractivity contribution is 0.323. The molecule has 1 atom stereocenters. The molecule has 0 bridgehead atoms. The van der Waals surface area contributed by atoms with Crippen LogP contribution in [0.2, 0.25) is 5.02 Å². The van der Waals surface area contributed by atoms with E-state index in [9.17, 15) is 0 Å². The fourth-order valence-corrected chi connectivity index (χ4v) is 3.54. The van der Waals surface area contributed by atoms with Crippen LogP contribution in [0, 0.1) is 0 Å². The first-order valence-corrected chi connectivity index (χ1v) is 8.74. The second-order valence-electron chi connectivity index (χ2n) is 6.12. The van der Waals surface area contributed by atoms with Crippen molar-refractivity contribution in [3.8, 4) is 5.75 Å². The predicted octanol–water partition coefficient (Wildman–Crippen LogP) is 5.49. The van der Waals surface area contributed by atoms with Crippen molar-refractivity contribution in [3.63, 3.8) is 0 Å². The number of hydrogen-bond acceptors (Lipinski definition) is 2. The van der Waals surface area contributed by atoms with Crippen LogP contribution in [0.3, 0.4) is 0 Å². The molecule has 0 saturated heterocycles. The Labute approximate surface area is 146 Å². The number of rotatable bonds is 6. The van der Waals surface area contributed by atoms with Crippen molar-refractivity contribution in [1.82, 2.24) is 0 Å². The first kappa shape index (κ1) is 19.6. The van der Waals surface area contributed by atoms with Gasteiger partial charge in [0.25, 0.3) is 0 Å². The van der Waals surface area contributed by atoms with Gasteiger partial charge < -0.3 is 10.5 Å². The third-order valence-electron chi connectivity index (χ3n) is 4.50. The predicted molar refractivity (Wildman–Crippen MR) is 97.7 cm³/mol. The lowest BCUT2D eigenvalue weighted by Gasteiger charge is -2.26. The summed E-state index contributed by atoms with van der Waals surface area (Å²) in [6.45, 7) is 4.86. The van der Waals surface area contributed by atoms with Gasteiger partial charge in [-0.25, -0.2) is 0 Å². The average molecular weight is 346 g/mol. The van der Waals surface area contributed by atoms with E-state index in [1.165, 1.54) is 43.2 Å². The van der Waals surface area contributed by atoms with Crippen LogP contribution in [0.4, 0.5) is 0 Å². The van der Waals surface area contributed by atoms with Gasteiger partial charge in [0.1, 0.15) is 5.75 Å². The van der Waals surface area contributed by atoms with Crippen LogP contribution in [0.25, 0.3) is 0 Å². The van der Waals surface area contributed by atoms with E-state index in [0.29, 0.717) is 12.5 Å². The van der Waals surface area contributed by atoms with Crippen molar-refractivity contribution in [2.24, 2.45) is 5.73 Å². The first-order chi connectivity index (χ1) is 10.2. The Bertz CT molecular complexity index is 459. The molecule has 0 aliphatic heterocycles. The Hall–Kier alpha value is -0.440. The second kappa shape index (κ2) is 9.64. The molecule has 1 aliphatic rings. The topological polar surface area (TPSA) is 35.2 Å². The Kier molecular flexibility index (Phi) is 8.59. The lowest BCUT2D eigenvalue weighted by Crippen LogP contribution is -2.22. The fourth-order valence-electron chi connectivity index (χ4n) is 3.29. The van der Waals surface area contributed by atoms with Crippen LogP contribution in [0.1, 0.15) is 69.4 Å². The molecule has 4 heteroatoms. The van der Waals surface area contributed by atoms with Crippen LogP contribution in [0.5, 0.6) is 5.75 Å². The molecule has 1 aromatic carbocycles. The number of halogens is 2. The van der Waals surface area contributed by atoms with Crippen molar-refractivity contribution in [3.05, 3.63) is 28.3 Å². The summed E-state index contributed by atoms with van der Waals surface area (Å²) in [5.41, 5.74) is 8.64. The zero-order chi connectivity index (χ0) is 15.2. The molecule has 1 fully saturated rings. The molecule has 1 aliphatic carbocycles. The quantitative estimate of drug-likeness (QED) is 0.739. The molecule has 0 amide bonds. The minimum atomic E-state index is 0. The number of nitrogens with two attached hydrogens (primary N) is 1. The van der Waals surface area contributed by atoms with Crippen LogP contribution < -0.4 is 10.5 Å². The van der Waals surface area contributed by atoms with E-state index in [-0.39, 0.29) is 18.4 Å². The van der Waals surface area contributed by atoms with E-state index < -0.39 is 0 Å². The van der Waals surface area contributed by atoms with Gasteiger partial charge in [0, 0.05) is 11.1 Å². The van der Waals surface area contributed by atoms with Crippen LogP contribution in [0.15, 0.2) is 12.1 Å². The monoisotopic (exact) mass is 345 g/mol. The van der Waals surface area contributed by atoms with Crippen molar-refractivity contribution in [2.75, 3.05) is 6.61 Å². The molecule has 126 valence electrons. The highest BCUT2D eigenvalue weighted by Crippen LogP contribution is 2.41. The third-order valence-corrected chi connectivity index (χ3v) is 4.72. The van der Waals surface area contributed by atoms with Gasteiger partial charge in [0.15, 0.2) is 0 Å². The number of ether oxygens (including phenoxy) is 1. The minimum absolute atomic E-state index is 0. The maximum Gasteiger partial charge on any atom is 0.126 e. The zero-order valence-corrected chi connectivity index (χ0v) is 15.3. The fraction of sp³-hybridized carbons (Fsp3) is 0.667. The van der Waals surface area contributed by atoms with E-state index in [4.69, 9.17) is 22.1 Å². The minimum Gasteiger partial charge on any atom is -0.493 e. The molecule has 0 aromatic heterocycles. The van der Waals surface area contributed by atoms with E-state index >= 15 is 0 Å². The van der Waals surface area contributed by atoms with Gasteiger partial charge in [0.05, 0.1) is 6.61 Å². The van der Waals surface area contributed by atoms with Gasteiger partial charge in [-0.1, -0.05) is 37.8 Å². The van der Waals surface area contributed by atoms with Gasteiger partial charge in [-0.3, -0.25) is 0 Å². The molecule has 1 aromatic rings. The van der Waals surface area contributed by atoms with E-state index in [0.717, 1.165) is 23.6 Å². The van der Waals surface area contributed by atoms with Gasteiger partial charge in [-0.05, 0) is 61.8 Å². The molecule has 0 spiro atoms. The largest absolute Gasteiger partial charge is 0.493 e.